The van der Waals surface area contributed by atoms with Gasteiger partial charge in [-0.2, -0.15) is 0 Å². The first-order valence-corrected chi connectivity index (χ1v) is 15.1. The molecule has 0 fully saturated rings. The number of hydrogen-bond donors (Lipinski definition) is 0. The van der Waals surface area contributed by atoms with Crippen LogP contribution in [0.4, 0.5) is 0 Å². The Morgan fingerprint density at radius 2 is 1.14 bits per heavy atom. The van der Waals surface area contributed by atoms with Crippen molar-refractivity contribution in [1.82, 2.24) is 4.90 Å². The van der Waals surface area contributed by atoms with Crippen LogP contribution in [-0.4, -0.2) is 30.5 Å². The molecule has 0 bridgehead atoms. The van der Waals surface area contributed by atoms with E-state index in [1.165, 1.54) is 10.4 Å². The Morgan fingerprint density at radius 3 is 1.59 bits per heavy atom. The Hall–Kier alpha value is -4.02. The zero-order valence-electron chi connectivity index (χ0n) is 21.1. The van der Waals surface area contributed by atoms with Crippen LogP contribution in [0.25, 0.3) is 0 Å². The molecule has 0 saturated carbocycles. The van der Waals surface area contributed by atoms with Gasteiger partial charge in [0.25, 0.3) is 11.8 Å². The van der Waals surface area contributed by atoms with Crippen LogP contribution in [0.5, 0.6) is 0 Å². The van der Waals surface area contributed by atoms with E-state index in [0.717, 1.165) is 11.6 Å². The number of rotatable bonds is 9. The molecule has 0 spiro atoms. The van der Waals surface area contributed by atoms with Crippen molar-refractivity contribution in [3.05, 3.63) is 145 Å². The molecule has 4 heteroatoms. The van der Waals surface area contributed by atoms with E-state index in [1.54, 1.807) is 17.0 Å². The molecule has 0 unspecified atom stereocenters. The Morgan fingerprint density at radius 1 is 0.703 bits per heavy atom. The summed E-state index contributed by atoms with van der Waals surface area (Å²) in [6, 6.07) is 39.4. The van der Waals surface area contributed by atoms with Crippen LogP contribution < -0.4 is 10.4 Å². The first kappa shape index (κ1) is 24.7. The number of fused-ring (bicyclic) bond motifs is 1. The van der Waals surface area contributed by atoms with Crippen LogP contribution in [0.2, 0.25) is 6.04 Å². The van der Waals surface area contributed by atoms with E-state index in [9.17, 15) is 9.59 Å². The largest absolute Gasteiger partial charge is 0.273 e. The standard InChI is InChI=1S/C33H31NO2Si/c1-3-25(2)24-37(27-17-9-5-10-18-27,28-19-11-6-12-20-28)31(23-26-15-7-4-8-16-26)34-32(35)29-21-13-14-22-30(29)33(34)36/h3-22,25,31H,1,23-24H2,2H3/t25-,31+/m0/s1. The number of amides is 2. The van der Waals surface area contributed by atoms with Gasteiger partial charge in [0.1, 0.15) is 8.07 Å². The molecular formula is C33H31NO2Si. The number of imide groups is 1. The molecule has 184 valence electrons. The maximum Gasteiger partial charge on any atom is 0.261 e. The minimum atomic E-state index is -2.82. The highest BCUT2D eigenvalue weighted by Gasteiger charge is 2.53. The minimum absolute atomic E-state index is 0.195. The van der Waals surface area contributed by atoms with Crippen molar-refractivity contribution < 1.29 is 9.59 Å². The van der Waals surface area contributed by atoms with E-state index in [0.29, 0.717) is 17.5 Å². The summed E-state index contributed by atoms with van der Waals surface area (Å²) >= 11 is 0. The molecule has 1 aliphatic heterocycles. The van der Waals surface area contributed by atoms with Crippen molar-refractivity contribution in [2.24, 2.45) is 5.92 Å². The van der Waals surface area contributed by atoms with Crippen LogP contribution in [0.3, 0.4) is 0 Å². The molecule has 2 atom stereocenters. The Kier molecular flexibility index (Phi) is 7.02. The van der Waals surface area contributed by atoms with Crippen molar-refractivity contribution in [1.29, 1.82) is 0 Å². The minimum Gasteiger partial charge on any atom is -0.273 e. The number of carbonyl (C=O) groups excluding carboxylic acids is 2. The normalized spacial score (nSPS) is 14.8. The Labute approximate surface area is 220 Å². The van der Waals surface area contributed by atoms with Crippen molar-refractivity contribution in [3.63, 3.8) is 0 Å². The van der Waals surface area contributed by atoms with Gasteiger partial charge in [0.2, 0.25) is 0 Å². The predicted octanol–water partition coefficient (Wildman–Crippen LogP) is 5.52. The number of nitrogens with zero attached hydrogens (tertiary/aromatic N) is 1. The number of benzene rings is 4. The predicted molar refractivity (Wildman–Crippen MR) is 153 cm³/mol. The van der Waals surface area contributed by atoms with Gasteiger partial charge in [-0.1, -0.05) is 127 Å². The molecule has 0 N–H and O–H groups in total. The van der Waals surface area contributed by atoms with Gasteiger partial charge < -0.3 is 0 Å². The lowest BCUT2D eigenvalue weighted by molar-refractivity contribution is 0.0627. The summed E-state index contributed by atoms with van der Waals surface area (Å²) in [6.45, 7) is 6.29. The van der Waals surface area contributed by atoms with Crippen LogP contribution in [-0.2, 0) is 6.42 Å². The van der Waals surface area contributed by atoms with Gasteiger partial charge in [-0.05, 0) is 36.1 Å². The fourth-order valence-corrected chi connectivity index (χ4v) is 11.7. The molecular weight excluding hydrogens is 470 g/mol. The highest BCUT2D eigenvalue weighted by atomic mass is 28.3. The molecule has 37 heavy (non-hydrogen) atoms. The van der Waals surface area contributed by atoms with E-state index in [1.807, 2.05) is 48.5 Å². The van der Waals surface area contributed by atoms with Gasteiger partial charge in [0.15, 0.2) is 0 Å². The second kappa shape index (κ2) is 10.5. The second-order valence-electron chi connectivity index (χ2n) is 9.85. The lowest BCUT2D eigenvalue weighted by Gasteiger charge is -2.45. The Bertz CT molecular complexity index is 1330. The topological polar surface area (TPSA) is 37.4 Å². The average Bonchev–Trinajstić information content (AvgIpc) is 3.21. The first-order valence-electron chi connectivity index (χ1n) is 12.8. The number of hydrogen-bond acceptors (Lipinski definition) is 2. The smallest absolute Gasteiger partial charge is 0.261 e. The van der Waals surface area contributed by atoms with Gasteiger partial charge in [-0.15, -0.1) is 6.58 Å². The summed E-state index contributed by atoms with van der Waals surface area (Å²) in [7, 11) is -2.82. The van der Waals surface area contributed by atoms with E-state index >= 15 is 0 Å². The Balaban J connectivity index is 1.80. The van der Waals surface area contributed by atoms with Crippen molar-refractivity contribution >= 4 is 30.3 Å². The lowest BCUT2D eigenvalue weighted by Crippen LogP contribution is -2.72. The van der Waals surface area contributed by atoms with Crippen LogP contribution in [0.15, 0.2) is 128 Å². The molecule has 4 aromatic rings. The van der Waals surface area contributed by atoms with Crippen LogP contribution >= 0.6 is 0 Å². The molecule has 0 aromatic heterocycles. The molecule has 3 nitrogen and oxygen atoms in total. The molecule has 0 saturated heterocycles. The fraction of sp³-hybridized carbons (Fsp3) is 0.152. The lowest BCUT2D eigenvalue weighted by atomic mass is 10.1. The van der Waals surface area contributed by atoms with Crippen molar-refractivity contribution in [2.75, 3.05) is 0 Å². The zero-order valence-corrected chi connectivity index (χ0v) is 22.1. The summed E-state index contributed by atoms with van der Waals surface area (Å²) in [5.74, 6) is -0.200. The van der Waals surface area contributed by atoms with E-state index in [4.69, 9.17) is 0 Å². The van der Waals surface area contributed by atoms with Crippen molar-refractivity contribution in [2.45, 2.75) is 25.1 Å². The van der Waals surface area contributed by atoms with E-state index < -0.39 is 8.07 Å². The maximum atomic E-state index is 14.0. The van der Waals surface area contributed by atoms with E-state index in [-0.39, 0.29) is 23.4 Å². The van der Waals surface area contributed by atoms with Gasteiger partial charge in [-0.3, -0.25) is 14.5 Å². The molecule has 1 heterocycles. The summed E-state index contributed by atoms with van der Waals surface area (Å²) in [5.41, 5.74) is 1.77. The summed E-state index contributed by atoms with van der Waals surface area (Å²) in [5, 5.41) is 2.43. The van der Waals surface area contributed by atoms with E-state index in [2.05, 4.69) is 74.2 Å². The summed E-state index contributed by atoms with van der Waals surface area (Å²) < 4.78 is 0. The highest BCUT2D eigenvalue weighted by Crippen LogP contribution is 2.33. The summed E-state index contributed by atoms with van der Waals surface area (Å²) in [6.07, 6.45) is 2.59. The van der Waals surface area contributed by atoms with Gasteiger partial charge in [-0.25, -0.2) is 0 Å². The quantitative estimate of drug-likeness (QED) is 0.172. The SMILES string of the molecule is C=C[C@H](C)C[Si](c1ccccc1)(c1ccccc1)[C@H](Cc1ccccc1)N1C(=O)c2ccccc2C1=O. The number of carbonyl (C=O) groups is 2. The maximum absolute atomic E-state index is 14.0. The molecule has 4 aromatic carbocycles. The molecule has 5 rings (SSSR count). The average molecular weight is 502 g/mol. The fourth-order valence-electron chi connectivity index (χ4n) is 5.80. The van der Waals surface area contributed by atoms with Crippen LogP contribution in [0, 0.1) is 5.92 Å². The molecule has 0 radical (unpaired) electrons. The highest BCUT2D eigenvalue weighted by molar-refractivity contribution is 7.03. The van der Waals surface area contributed by atoms with Gasteiger partial charge >= 0.3 is 0 Å². The molecule has 2 amide bonds. The summed E-state index contributed by atoms with van der Waals surface area (Å²) in [4.78, 5) is 29.6. The van der Waals surface area contributed by atoms with Crippen molar-refractivity contribution in [3.8, 4) is 0 Å². The van der Waals surface area contributed by atoms with Gasteiger partial charge in [0, 0.05) is 5.67 Å². The third-order valence-corrected chi connectivity index (χ3v) is 13.2. The third-order valence-electron chi connectivity index (χ3n) is 7.60. The first-order chi connectivity index (χ1) is 18.1. The van der Waals surface area contributed by atoms with Crippen LogP contribution in [0.1, 0.15) is 33.2 Å². The molecule has 0 aliphatic carbocycles. The monoisotopic (exact) mass is 501 g/mol. The zero-order chi connectivity index (χ0) is 25.8. The van der Waals surface area contributed by atoms with Gasteiger partial charge in [0.05, 0.1) is 11.1 Å². The number of allylic oxidation sites excluding steroid dienone is 1. The third kappa shape index (κ3) is 4.49. The molecule has 1 aliphatic rings. The second-order valence-corrected chi connectivity index (χ2v) is 14.0.